The summed E-state index contributed by atoms with van der Waals surface area (Å²) in [7, 11) is 0. The summed E-state index contributed by atoms with van der Waals surface area (Å²) < 4.78 is 5.05. The van der Waals surface area contributed by atoms with Crippen LogP contribution in [0.25, 0.3) is 12.2 Å². The van der Waals surface area contributed by atoms with Crippen LogP contribution >= 0.6 is 0 Å². The topological polar surface area (TPSA) is 124 Å². The fraction of sp³-hybridized carbons (Fsp3) is 0.250. The minimum atomic E-state index is -0.342. The molecule has 7 nitrogen and oxygen atoms in total. The van der Waals surface area contributed by atoms with E-state index >= 15 is 0 Å². The Bertz CT molecular complexity index is 992. The van der Waals surface area contributed by atoms with Crippen LogP contribution < -0.4 is 0 Å². The third-order valence-electron chi connectivity index (χ3n) is 5.04. The zero-order chi connectivity index (χ0) is 22.5. The number of benzene rings is 2. The Balaban J connectivity index is 1.97. The van der Waals surface area contributed by atoms with Crippen LogP contribution in [-0.2, 0) is 14.3 Å². The highest BCUT2D eigenvalue weighted by molar-refractivity contribution is 6.14. The predicted octanol–water partition coefficient (Wildman–Crippen LogP) is 3.91. The van der Waals surface area contributed by atoms with E-state index in [4.69, 9.17) is 4.74 Å². The quantitative estimate of drug-likeness (QED) is 0.326. The van der Waals surface area contributed by atoms with Crippen molar-refractivity contribution in [3.63, 3.8) is 0 Å². The number of hydrogen-bond acceptors (Lipinski definition) is 7. The molecule has 1 aliphatic rings. The molecule has 0 atom stereocenters. The largest absolute Gasteiger partial charge is 0.504 e. The number of allylic oxidation sites excluding steroid dienone is 2. The summed E-state index contributed by atoms with van der Waals surface area (Å²) in [5, 5.41) is 38.5. The van der Waals surface area contributed by atoms with E-state index in [9.17, 15) is 30.0 Å². The lowest BCUT2D eigenvalue weighted by Crippen LogP contribution is -2.22. The smallest absolute Gasteiger partial charge is 0.306 e. The van der Waals surface area contributed by atoms with Crippen LogP contribution in [0.4, 0.5) is 0 Å². The highest BCUT2D eigenvalue weighted by Gasteiger charge is 2.29. The maximum atomic E-state index is 13.1. The average Bonchev–Trinajstić information content (AvgIpc) is 2.71. The molecule has 0 amide bonds. The van der Waals surface area contributed by atoms with Crippen LogP contribution in [0.5, 0.6) is 23.0 Å². The molecule has 1 saturated carbocycles. The lowest BCUT2D eigenvalue weighted by atomic mass is 9.78. The van der Waals surface area contributed by atoms with Crippen molar-refractivity contribution >= 4 is 23.9 Å². The Kier molecular flexibility index (Phi) is 6.65. The van der Waals surface area contributed by atoms with Gasteiger partial charge in [-0.25, -0.2) is 0 Å². The number of carbonyl (C=O) groups excluding carboxylic acids is 2. The second kappa shape index (κ2) is 9.38. The first-order valence-electron chi connectivity index (χ1n) is 9.92. The molecular formula is C24H24O7. The maximum absolute atomic E-state index is 13.1. The van der Waals surface area contributed by atoms with Gasteiger partial charge in [0, 0.05) is 17.6 Å². The van der Waals surface area contributed by atoms with Gasteiger partial charge in [0.25, 0.3) is 0 Å². The molecule has 0 spiro atoms. The van der Waals surface area contributed by atoms with Crippen molar-refractivity contribution in [1.29, 1.82) is 0 Å². The van der Waals surface area contributed by atoms with E-state index in [0.29, 0.717) is 35.1 Å². The third-order valence-corrected chi connectivity index (χ3v) is 5.04. The lowest BCUT2D eigenvalue weighted by Gasteiger charge is -2.25. The molecule has 0 aromatic heterocycles. The van der Waals surface area contributed by atoms with Crippen molar-refractivity contribution in [1.82, 2.24) is 0 Å². The number of rotatable bonds is 5. The number of ketones is 1. The molecule has 1 aliphatic carbocycles. The van der Waals surface area contributed by atoms with E-state index in [0.717, 1.165) is 0 Å². The number of phenols is 4. The van der Waals surface area contributed by atoms with Gasteiger partial charge in [-0.2, -0.15) is 0 Å². The first kappa shape index (κ1) is 22.0. The predicted molar refractivity (Wildman–Crippen MR) is 114 cm³/mol. The van der Waals surface area contributed by atoms with Crippen molar-refractivity contribution in [2.75, 3.05) is 6.61 Å². The molecule has 0 saturated heterocycles. The fourth-order valence-electron chi connectivity index (χ4n) is 3.60. The zero-order valence-electron chi connectivity index (χ0n) is 17.0. The molecule has 0 heterocycles. The summed E-state index contributed by atoms with van der Waals surface area (Å²) in [6.07, 6.45) is 4.12. The normalized spacial score (nSPS) is 19.0. The Labute approximate surface area is 179 Å². The van der Waals surface area contributed by atoms with Crippen LogP contribution in [-0.4, -0.2) is 38.8 Å². The van der Waals surface area contributed by atoms with Gasteiger partial charge in [0.05, 0.1) is 6.61 Å². The molecule has 7 heteroatoms. The number of phenolic OH excluding ortho intramolecular Hbond substituents is 4. The molecule has 0 aliphatic heterocycles. The zero-order valence-corrected chi connectivity index (χ0v) is 17.0. The van der Waals surface area contributed by atoms with Crippen molar-refractivity contribution in [3.05, 3.63) is 58.7 Å². The molecule has 4 N–H and O–H groups in total. The van der Waals surface area contributed by atoms with Gasteiger partial charge in [0.1, 0.15) is 0 Å². The molecule has 162 valence electrons. The SMILES string of the molecule is CCOC(=O)CC1C/C(=C\c2ccc(O)c(O)c2)C(=O)/C(=C/c2ccc(O)c(O)c2)C1. The van der Waals surface area contributed by atoms with Gasteiger partial charge in [-0.3, -0.25) is 9.59 Å². The fourth-order valence-corrected chi connectivity index (χ4v) is 3.60. The van der Waals surface area contributed by atoms with Crippen molar-refractivity contribution in [2.45, 2.75) is 26.2 Å². The number of carbonyl (C=O) groups is 2. The lowest BCUT2D eigenvalue weighted by molar-refractivity contribution is -0.144. The molecule has 0 unspecified atom stereocenters. The van der Waals surface area contributed by atoms with Gasteiger partial charge in [-0.1, -0.05) is 12.1 Å². The van der Waals surface area contributed by atoms with Crippen LogP contribution in [0.15, 0.2) is 47.5 Å². The van der Waals surface area contributed by atoms with Crippen LogP contribution in [0.1, 0.15) is 37.3 Å². The molecule has 2 aromatic rings. The monoisotopic (exact) mass is 424 g/mol. The standard InChI is InChI=1S/C24H24O7/c1-2-31-23(29)13-16-9-17(7-14-3-5-19(25)21(27)11-14)24(30)18(10-16)8-15-4-6-20(26)22(28)12-15/h3-8,11-12,16,25-28H,2,9-10,13H2,1H3/b17-7+,18-8+. The minimum absolute atomic E-state index is 0.150. The second-order valence-corrected chi connectivity index (χ2v) is 7.45. The molecule has 1 fully saturated rings. The second-order valence-electron chi connectivity index (χ2n) is 7.45. The van der Waals surface area contributed by atoms with Gasteiger partial charge in [0.15, 0.2) is 28.8 Å². The van der Waals surface area contributed by atoms with Crippen LogP contribution in [0.2, 0.25) is 0 Å². The summed E-state index contributed by atoms with van der Waals surface area (Å²) in [6, 6.07) is 8.53. The summed E-state index contributed by atoms with van der Waals surface area (Å²) >= 11 is 0. The minimum Gasteiger partial charge on any atom is -0.504 e. The number of hydrogen-bond donors (Lipinski definition) is 4. The molecule has 0 radical (unpaired) electrons. The van der Waals surface area contributed by atoms with Gasteiger partial charge in [0.2, 0.25) is 0 Å². The highest BCUT2D eigenvalue weighted by atomic mass is 16.5. The van der Waals surface area contributed by atoms with E-state index in [1.165, 1.54) is 24.3 Å². The summed E-state index contributed by atoms with van der Waals surface area (Å²) in [6.45, 7) is 2.00. The Morgan fingerprint density at radius 1 is 0.903 bits per heavy atom. The van der Waals surface area contributed by atoms with Gasteiger partial charge in [-0.15, -0.1) is 0 Å². The van der Waals surface area contributed by atoms with E-state index < -0.39 is 0 Å². The molecule has 2 aromatic carbocycles. The molecular weight excluding hydrogens is 400 g/mol. The number of Topliss-reactive ketones (excluding diaryl/α,β-unsaturated/α-hetero) is 1. The van der Waals surface area contributed by atoms with Gasteiger partial charge >= 0.3 is 5.97 Å². The van der Waals surface area contributed by atoms with Crippen LogP contribution in [0.3, 0.4) is 0 Å². The Hall–Kier alpha value is -3.74. The molecule has 0 bridgehead atoms. The number of esters is 1. The maximum Gasteiger partial charge on any atom is 0.306 e. The average molecular weight is 424 g/mol. The number of ether oxygens (including phenoxy) is 1. The Morgan fingerprint density at radius 2 is 1.39 bits per heavy atom. The van der Waals surface area contributed by atoms with Gasteiger partial charge < -0.3 is 25.2 Å². The highest BCUT2D eigenvalue weighted by Crippen LogP contribution is 2.36. The van der Waals surface area contributed by atoms with E-state index in [1.807, 2.05) is 0 Å². The first-order chi connectivity index (χ1) is 14.8. The molecule has 31 heavy (non-hydrogen) atoms. The summed E-state index contributed by atoms with van der Waals surface area (Å²) in [5.41, 5.74) is 1.99. The van der Waals surface area contributed by atoms with Crippen molar-refractivity contribution in [2.24, 2.45) is 5.92 Å². The van der Waals surface area contributed by atoms with E-state index in [2.05, 4.69) is 0 Å². The van der Waals surface area contributed by atoms with E-state index in [1.54, 1.807) is 31.2 Å². The van der Waals surface area contributed by atoms with E-state index in [-0.39, 0.29) is 53.7 Å². The Morgan fingerprint density at radius 3 is 1.81 bits per heavy atom. The summed E-state index contributed by atoms with van der Waals surface area (Å²) in [4.78, 5) is 25.1. The number of aromatic hydroxyl groups is 4. The van der Waals surface area contributed by atoms with Gasteiger partial charge in [-0.05, 0) is 73.2 Å². The summed E-state index contributed by atoms with van der Waals surface area (Å²) in [5.74, 6) is -1.82. The van der Waals surface area contributed by atoms with Crippen molar-refractivity contribution in [3.8, 4) is 23.0 Å². The third kappa shape index (κ3) is 5.45. The van der Waals surface area contributed by atoms with Crippen LogP contribution in [0, 0.1) is 5.92 Å². The molecule has 3 rings (SSSR count). The van der Waals surface area contributed by atoms with Crippen molar-refractivity contribution < 1.29 is 34.8 Å². The first-order valence-corrected chi connectivity index (χ1v) is 9.92.